The van der Waals surface area contributed by atoms with Gasteiger partial charge < -0.3 is 15.7 Å². The molecule has 6 aliphatic rings. The van der Waals surface area contributed by atoms with Gasteiger partial charge >= 0.3 is 0 Å². The summed E-state index contributed by atoms with van der Waals surface area (Å²) in [7, 11) is 0. The molecule has 5 saturated carbocycles. The van der Waals surface area contributed by atoms with E-state index < -0.39 is 5.60 Å². The average Bonchev–Trinajstić information content (AvgIpc) is 3.05. The first-order chi connectivity index (χ1) is 9.98. The number of likely N-dealkylation sites (tertiary alicyclic amines) is 1. The second-order valence-electron chi connectivity index (χ2n) is 8.91. The van der Waals surface area contributed by atoms with Crippen molar-refractivity contribution in [2.24, 2.45) is 28.9 Å². The zero-order chi connectivity index (χ0) is 14.4. The van der Waals surface area contributed by atoms with E-state index in [-0.39, 0.29) is 29.8 Å². The predicted octanol–water partition coefficient (Wildman–Crippen LogP) is 1.69. The van der Waals surface area contributed by atoms with Crippen molar-refractivity contribution in [3.8, 4) is 0 Å². The Hall–Kier alpha value is -0.320. The zero-order valence-corrected chi connectivity index (χ0v) is 13.9. The summed E-state index contributed by atoms with van der Waals surface area (Å²) in [5, 5.41) is 10.8. The van der Waals surface area contributed by atoms with Crippen LogP contribution >= 0.6 is 12.4 Å². The number of carbonyl (C=O) groups excluding carboxylic acids is 1. The van der Waals surface area contributed by atoms with Gasteiger partial charge in [0.15, 0.2) is 0 Å². The fourth-order valence-corrected chi connectivity index (χ4v) is 6.76. The molecule has 5 aliphatic carbocycles. The molecule has 22 heavy (non-hydrogen) atoms. The third-order valence-corrected chi connectivity index (χ3v) is 7.31. The van der Waals surface area contributed by atoms with Crippen molar-refractivity contribution in [3.63, 3.8) is 0 Å². The number of rotatable bonds is 2. The monoisotopic (exact) mass is 326 g/mol. The smallest absolute Gasteiger partial charge is 0.240 e. The van der Waals surface area contributed by atoms with E-state index >= 15 is 0 Å². The van der Waals surface area contributed by atoms with Crippen LogP contribution in [-0.4, -0.2) is 40.1 Å². The minimum atomic E-state index is -0.519. The molecular weight excluding hydrogens is 300 g/mol. The Morgan fingerprint density at radius 2 is 1.86 bits per heavy atom. The van der Waals surface area contributed by atoms with Crippen LogP contribution in [0.1, 0.15) is 51.4 Å². The SMILES string of the molecule is Cl.N[C@H](C(=O)N1CC[C@@H]2CC21)C12CC3CC(CC(O)(C3)C1)C2. The van der Waals surface area contributed by atoms with Crippen molar-refractivity contribution in [1.82, 2.24) is 4.90 Å². The highest BCUT2D eigenvalue weighted by molar-refractivity contribution is 5.85. The van der Waals surface area contributed by atoms with Gasteiger partial charge in [0.2, 0.25) is 5.91 Å². The summed E-state index contributed by atoms with van der Waals surface area (Å²) < 4.78 is 0. The third kappa shape index (κ3) is 1.99. The van der Waals surface area contributed by atoms with Gasteiger partial charge in [0.1, 0.15) is 0 Å². The molecule has 1 aliphatic heterocycles. The minimum absolute atomic E-state index is 0. The van der Waals surface area contributed by atoms with Gasteiger partial charge in [0, 0.05) is 12.6 Å². The van der Waals surface area contributed by atoms with Gasteiger partial charge in [-0.25, -0.2) is 0 Å². The van der Waals surface area contributed by atoms with E-state index in [4.69, 9.17) is 5.73 Å². The van der Waals surface area contributed by atoms with Gasteiger partial charge in [0.25, 0.3) is 0 Å². The lowest BCUT2D eigenvalue weighted by molar-refractivity contribution is -0.177. The highest BCUT2D eigenvalue weighted by Crippen LogP contribution is 2.62. The van der Waals surface area contributed by atoms with Gasteiger partial charge in [-0.05, 0) is 74.5 Å². The van der Waals surface area contributed by atoms with Crippen LogP contribution in [0, 0.1) is 23.2 Å². The predicted molar refractivity (Wildman–Crippen MR) is 85.5 cm³/mol. The summed E-state index contributed by atoms with van der Waals surface area (Å²) in [6.07, 6.45) is 8.41. The third-order valence-electron chi connectivity index (χ3n) is 7.31. The van der Waals surface area contributed by atoms with Gasteiger partial charge in [-0.3, -0.25) is 4.79 Å². The number of nitrogens with zero attached hydrogens (tertiary/aromatic N) is 1. The van der Waals surface area contributed by atoms with Crippen LogP contribution in [0.5, 0.6) is 0 Å². The second kappa shape index (κ2) is 4.61. The molecule has 6 rings (SSSR count). The van der Waals surface area contributed by atoms with Crippen LogP contribution in [0.2, 0.25) is 0 Å². The molecule has 5 heteroatoms. The van der Waals surface area contributed by atoms with E-state index in [1.54, 1.807) is 0 Å². The molecule has 3 unspecified atom stereocenters. The highest BCUT2D eigenvalue weighted by atomic mass is 35.5. The largest absolute Gasteiger partial charge is 0.390 e. The van der Waals surface area contributed by atoms with Crippen LogP contribution in [0.4, 0.5) is 0 Å². The molecule has 1 saturated heterocycles. The molecule has 0 aromatic heterocycles. The van der Waals surface area contributed by atoms with Crippen molar-refractivity contribution in [1.29, 1.82) is 0 Å². The molecule has 0 radical (unpaired) electrons. The van der Waals surface area contributed by atoms with Crippen LogP contribution in [0.25, 0.3) is 0 Å². The summed E-state index contributed by atoms with van der Waals surface area (Å²) in [5.41, 5.74) is 5.91. The van der Waals surface area contributed by atoms with Gasteiger partial charge in [-0.2, -0.15) is 0 Å². The van der Waals surface area contributed by atoms with Crippen LogP contribution < -0.4 is 5.73 Å². The number of halogens is 1. The standard InChI is InChI=1S/C17H26N2O2.ClH/c18-14(15(20)19-2-1-12-4-13(12)19)16-5-10-3-11(6-16)8-17(21,7-10)9-16;/h10-14,21H,1-9,18H2;1H/t10?,11?,12-,13?,14-,16?,17?;/m1./s1. The molecule has 4 bridgehead atoms. The lowest BCUT2D eigenvalue weighted by Gasteiger charge is -2.61. The maximum absolute atomic E-state index is 12.9. The number of amides is 1. The van der Waals surface area contributed by atoms with Gasteiger partial charge in [0.05, 0.1) is 11.6 Å². The maximum Gasteiger partial charge on any atom is 0.240 e. The number of piperidine rings is 1. The molecule has 0 aromatic rings. The molecule has 0 spiro atoms. The van der Waals surface area contributed by atoms with Gasteiger partial charge in [-0.15, -0.1) is 12.4 Å². The van der Waals surface area contributed by atoms with E-state index in [0.717, 1.165) is 44.6 Å². The van der Waals surface area contributed by atoms with Crippen molar-refractivity contribution < 1.29 is 9.90 Å². The summed E-state index contributed by atoms with van der Waals surface area (Å²) in [6, 6.07) is 0.120. The van der Waals surface area contributed by atoms with Crippen molar-refractivity contribution in [2.45, 2.75) is 69.1 Å². The molecular formula is C17H27ClN2O2. The Kier molecular flexibility index (Phi) is 3.19. The first-order valence-corrected chi connectivity index (χ1v) is 8.77. The number of hydrogen-bond donors (Lipinski definition) is 2. The Balaban J connectivity index is 0.00000125. The van der Waals surface area contributed by atoms with Crippen LogP contribution in [0.15, 0.2) is 0 Å². The topological polar surface area (TPSA) is 66.6 Å². The lowest BCUT2D eigenvalue weighted by Crippen LogP contribution is -2.64. The van der Waals surface area contributed by atoms with E-state index in [0.29, 0.717) is 17.9 Å². The van der Waals surface area contributed by atoms with Crippen molar-refractivity contribution in [2.75, 3.05) is 6.54 Å². The first kappa shape index (κ1) is 15.2. The quantitative estimate of drug-likeness (QED) is 0.811. The van der Waals surface area contributed by atoms with Gasteiger partial charge in [-0.1, -0.05) is 0 Å². The van der Waals surface area contributed by atoms with E-state index in [1.807, 2.05) is 0 Å². The Labute approximate surface area is 138 Å². The number of nitrogens with two attached hydrogens (primary N) is 1. The fourth-order valence-electron chi connectivity index (χ4n) is 6.76. The maximum atomic E-state index is 12.9. The van der Waals surface area contributed by atoms with Crippen LogP contribution in [-0.2, 0) is 4.79 Å². The number of aliphatic hydroxyl groups is 1. The Morgan fingerprint density at radius 3 is 2.36 bits per heavy atom. The highest BCUT2D eigenvalue weighted by Gasteiger charge is 2.61. The average molecular weight is 327 g/mol. The molecule has 3 N–H and O–H groups in total. The van der Waals surface area contributed by atoms with E-state index in [1.165, 1.54) is 19.3 Å². The summed E-state index contributed by atoms with van der Waals surface area (Å²) in [5.74, 6) is 2.15. The molecule has 4 nitrogen and oxygen atoms in total. The number of carbonyl (C=O) groups is 1. The molecule has 1 amide bonds. The second-order valence-corrected chi connectivity index (χ2v) is 8.91. The lowest BCUT2D eigenvalue weighted by atomic mass is 9.46. The molecule has 5 atom stereocenters. The summed E-state index contributed by atoms with van der Waals surface area (Å²) in [6.45, 7) is 0.912. The molecule has 6 fully saturated rings. The molecule has 0 aromatic carbocycles. The minimum Gasteiger partial charge on any atom is -0.390 e. The Bertz CT molecular complexity index is 497. The van der Waals surface area contributed by atoms with Crippen molar-refractivity contribution >= 4 is 18.3 Å². The van der Waals surface area contributed by atoms with E-state index in [9.17, 15) is 9.90 Å². The summed E-state index contributed by atoms with van der Waals surface area (Å²) >= 11 is 0. The zero-order valence-electron chi connectivity index (χ0n) is 13.0. The van der Waals surface area contributed by atoms with Crippen molar-refractivity contribution in [3.05, 3.63) is 0 Å². The molecule has 124 valence electrons. The summed E-state index contributed by atoms with van der Waals surface area (Å²) in [4.78, 5) is 15.0. The van der Waals surface area contributed by atoms with Crippen LogP contribution in [0.3, 0.4) is 0 Å². The Morgan fingerprint density at radius 1 is 1.18 bits per heavy atom. The molecule has 1 heterocycles. The number of fused-ring (bicyclic) bond motifs is 1. The van der Waals surface area contributed by atoms with E-state index in [2.05, 4.69) is 4.90 Å². The fraction of sp³-hybridized carbons (Fsp3) is 0.941. The normalized spacial score (nSPS) is 52.2. The number of hydrogen-bond acceptors (Lipinski definition) is 3. The first-order valence-electron chi connectivity index (χ1n) is 8.77.